The number of aliphatic hydroxyl groups is 1. The van der Waals surface area contributed by atoms with Crippen molar-refractivity contribution in [2.75, 3.05) is 0 Å². The van der Waals surface area contributed by atoms with E-state index in [2.05, 4.69) is 6.07 Å². The molecule has 2 heteroatoms. The molecule has 0 bridgehead atoms. The van der Waals surface area contributed by atoms with Gasteiger partial charge in [-0.2, -0.15) is 0 Å². The second kappa shape index (κ2) is 3.37. The lowest BCUT2D eigenvalue weighted by atomic mass is 9.73. The summed E-state index contributed by atoms with van der Waals surface area (Å²) in [5.41, 5.74) is 7.65. The number of hydrogen-bond acceptors (Lipinski definition) is 2. The van der Waals surface area contributed by atoms with Crippen molar-refractivity contribution in [2.24, 2.45) is 5.73 Å². The van der Waals surface area contributed by atoms with Gasteiger partial charge in [0.25, 0.3) is 0 Å². The Balaban J connectivity index is 2.22. The summed E-state index contributed by atoms with van der Waals surface area (Å²) < 4.78 is 0. The van der Waals surface area contributed by atoms with Crippen LogP contribution < -0.4 is 5.73 Å². The summed E-state index contributed by atoms with van der Waals surface area (Å²) in [5, 5.41) is 10.1. The number of hydrogen-bond donors (Lipinski definition) is 2. The zero-order valence-corrected chi connectivity index (χ0v) is 8.53. The van der Waals surface area contributed by atoms with Gasteiger partial charge in [-0.15, -0.1) is 0 Å². The molecule has 0 aromatic heterocycles. The highest BCUT2D eigenvalue weighted by atomic mass is 16.3. The molecule has 0 spiro atoms. The topological polar surface area (TPSA) is 46.2 Å². The summed E-state index contributed by atoms with van der Waals surface area (Å²) in [7, 11) is 0. The minimum absolute atomic E-state index is 0.226. The molecule has 1 aliphatic rings. The van der Waals surface area contributed by atoms with E-state index in [1.807, 2.05) is 25.1 Å². The minimum Gasteiger partial charge on any atom is -0.388 e. The van der Waals surface area contributed by atoms with Crippen LogP contribution in [0, 0.1) is 6.92 Å². The fourth-order valence-corrected chi connectivity index (χ4v) is 2.02. The first-order chi connectivity index (χ1) is 6.62. The SMILES string of the molecule is Cc1cccc(C(N)C2(O)CCC2)c1. The van der Waals surface area contributed by atoms with E-state index in [4.69, 9.17) is 5.73 Å². The summed E-state index contributed by atoms with van der Waals surface area (Å²) in [5.74, 6) is 0. The number of aryl methyl sites for hydroxylation is 1. The van der Waals surface area contributed by atoms with Crippen LogP contribution in [0.15, 0.2) is 24.3 Å². The summed E-state index contributed by atoms with van der Waals surface area (Å²) in [6.45, 7) is 2.04. The smallest absolute Gasteiger partial charge is 0.0839 e. The molecule has 0 amide bonds. The molecular weight excluding hydrogens is 174 g/mol. The zero-order valence-electron chi connectivity index (χ0n) is 8.53. The molecule has 1 unspecified atom stereocenters. The van der Waals surface area contributed by atoms with Gasteiger partial charge in [0.2, 0.25) is 0 Å². The fraction of sp³-hybridized carbons (Fsp3) is 0.500. The van der Waals surface area contributed by atoms with Gasteiger partial charge in [0.05, 0.1) is 11.6 Å². The lowest BCUT2D eigenvalue weighted by Crippen LogP contribution is -2.46. The van der Waals surface area contributed by atoms with Crippen LogP contribution in [0.4, 0.5) is 0 Å². The average molecular weight is 191 g/mol. The minimum atomic E-state index is -0.645. The highest BCUT2D eigenvalue weighted by Crippen LogP contribution is 2.40. The van der Waals surface area contributed by atoms with Crippen molar-refractivity contribution in [1.82, 2.24) is 0 Å². The van der Waals surface area contributed by atoms with Gasteiger partial charge in [-0.25, -0.2) is 0 Å². The maximum Gasteiger partial charge on any atom is 0.0839 e. The van der Waals surface area contributed by atoms with Crippen molar-refractivity contribution in [3.05, 3.63) is 35.4 Å². The predicted molar refractivity (Wildman–Crippen MR) is 56.9 cm³/mol. The highest BCUT2D eigenvalue weighted by Gasteiger charge is 2.40. The van der Waals surface area contributed by atoms with Crippen LogP contribution in [0.3, 0.4) is 0 Å². The van der Waals surface area contributed by atoms with Crippen LogP contribution in [0.25, 0.3) is 0 Å². The van der Waals surface area contributed by atoms with Gasteiger partial charge in [-0.05, 0) is 31.7 Å². The molecule has 1 atom stereocenters. The van der Waals surface area contributed by atoms with Crippen LogP contribution in [-0.2, 0) is 0 Å². The number of nitrogens with two attached hydrogens (primary N) is 1. The van der Waals surface area contributed by atoms with Gasteiger partial charge in [0.1, 0.15) is 0 Å². The molecule has 2 nitrogen and oxygen atoms in total. The quantitative estimate of drug-likeness (QED) is 0.750. The van der Waals surface area contributed by atoms with E-state index in [-0.39, 0.29) is 6.04 Å². The van der Waals surface area contributed by atoms with Crippen molar-refractivity contribution in [3.8, 4) is 0 Å². The molecule has 1 aromatic rings. The molecule has 76 valence electrons. The Morgan fingerprint density at radius 1 is 1.43 bits per heavy atom. The van der Waals surface area contributed by atoms with Crippen molar-refractivity contribution < 1.29 is 5.11 Å². The molecule has 1 saturated carbocycles. The van der Waals surface area contributed by atoms with E-state index < -0.39 is 5.60 Å². The monoisotopic (exact) mass is 191 g/mol. The van der Waals surface area contributed by atoms with Gasteiger partial charge in [-0.3, -0.25) is 0 Å². The first-order valence-corrected chi connectivity index (χ1v) is 5.16. The Labute approximate surface area is 84.7 Å². The predicted octanol–water partition coefficient (Wildman–Crippen LogP) is 1.91. The molecule has 14 heavy (non-hydrogen) atoms. The number of rotatable bonds is 2. The highest BCUT2D eigenvalue weighted by molar-refractivity contribution is 5.27. The van der Waals surface area contributed by atoms with E-state index >= 15 is 0 Å². The van der Waals surface area contributed by atoms with Gasteiger partial charge in [0.15, 0.2) is 0 Å². The van der Waals surface area contributed by atoms with E-state index in [0.29, 0.717) is 0 Å². The maximum absolute atomic E-state index is 10.1. The molecule has 0 heterocycles. The van der Waals surface area contributed by atoms with Crippen LogP contribution in [0.2, 0.25) is 0 Å². The lowest BCUT2D eigenvalue weighted by molar-refractivity contribution is -0.0559. The van der Waals surface area contributed by atoms with Crippen LogP contribution >= 0.6 is 0 Å². The van der Waals surface area contributed by atoms with Crippen LogP contribution in [0.1, 0.15) is 36.4 Å². The summed E-state index contributed by atoms with van der Waals surface area (Å²) in [4.78, 5) is 0. The fourth-order valence-electron chi connectivity index (χ4n) is 2.02. The third-order valence-corrected chi connectivity index (χ3v) is 3.20. The molecule has 2 rings (SSSR count). The molecular formula is C12H17NO. The second-order valence-corrected chi connectivity index (χ2v) is 4.35. The van der Waals surface area contributed by atoms with Crippen molar-refractivity contribution in [1.29, 1.82) is 0 Å². The summed E-state index contributed by atoms with van der Waals surface area (Å²) >= 11 is 0. The van der Waals surface area contributed by atoms with E-state index in [0.717, 1.165) is 24.8 Å². The third kappa shape index (κ3) is 1.56. The van der Waals surface area contributed by atoms with Crippen molar-refractivity contribution in [3.63, 3.8) is 0 Å². The summed E-state index contributed by atoms with van der Waals surface area (Å²) in [6.07, 6.45) is 2.76. The van der Waals surface area contributed by atoms with Crippen LogP contribution in [0.5, 0.6) is 0 Å². The summed E-state index contributed by atoms with van der Waals surface area (Å²) in [6, 6.07) is 7.86. The Bertz CT molecular complexity index is 331. The largest absolute Gasteiger partial charge is 0.388 e. The lowest BCUT2D eigenvalue weighted by Gasteiger charge is -2.41. The van der Waals surface area contributed by atoms with Gasteiger partial charge < -0.3 is 10.8 Å². The van der Waals surface area contributed by atoms with Crippen molar-refractivity contribution >= 4 is 0 Å². The molecule has 1 fully saturated rings. The average Bonchev–Trinajstić information content (AvgIpc) is 2.13. The first kappa shape index (κ1) is 9.69. The Morgan fingerprint density at radius 3 is 2.64 bits per heavy atom. The molecule has 3 N–H and O–H groups in total. The Morgan fingerprint density at radius 2 is 2.14 bits per heavy atom. The van der Waals surface area contributed by atoms with E-state index in [1.165, 1.54) is 5.56 Å². The van der Waals surface area contributed by atoms with E-state index in [9.17, 15) is 5.11 Å². The van der Waals surface area contributed by atoms with E-state index in [1.54, 1.807) is 0 Å². The zero-order chi connectivity index (χ0) is 10.2. The standard InChI is InChI=1S/C12H17NO/c1-9-4-2-5-10(8-9)11(13)12(14)6-3-7-12/h2,4-5,8,11,14H,3,6-7,13H2,1H3. The third-order valence-electron chi connectivity index (χ3n) is 3.20. The van der Waals surface area contributed by atoms with Crippen LogP contribution in [-0.4, -0.2) is 10.7 Å². The van der Waals surface area contributed by atoms with Gasteiger partial charge >= 0.3 is 0 Å². The molecule has 0 aliphatic heterocycles. The molecule has 0 saturated heterocycles. The maximum atomic E-state index is 10.1. The first-order valence-electron chi connectivity index (χ1n) is 5.16. The second-order valence-electron chi connectivity index (χ2n) is 4.35. The molecule has 1 aliphatic carbocycles. The Hall–Kier alpha value is -0.860. The van der Waals surface area contributed by atoms with Gasteiger partial charge in [-0.1, -0.05) is 29.8 Å². The normalized spacial score (nSPS) is 21.4. The van der Waals surface area contributed by atoms with Crippen molar-refractivity contribution in [2.45, 2.75) is 37.8 Å². The molecule has 1 aromatic carbocycles. The Kier molecular flexibility index (Phi) is 2.33. The molecule has 0 radical (unpaired) electrons. The number of benzene rings is 1. The van der Waals surface area contributed by atoms with Gasteiger partial charge in [0, 0.05) is 0 Å².